The molecule has 1 aromatic carbocycles. The van der Waals surface area contributed by atoms with Crippen LogP contribution in [0.15, 0.2) is 36.5 Å². The number of benzene rings is 1. The normalized spacial score (nSPS) is 18.1. The number of aromatic nitrogens is 1. The van der Waals surface area contributed by atoms with Gasteiger partial charge < -0.3 is 19.3 Å². The zero-order chi connectivity index (χ0) is 19.4. The van der Waals surface area contributed by atoms with Gasteiger partial charge >= 0.3 is 5.97 Å². The fraction of sp³-hybridized carbons (Fsp3) is 0.400. The summed E-state index contributed by atoms with van der Waals surface area (Å²) in [4.78, 5) is 18.3. The Kier molecular flexibility index (Phi) is 5.81. The number of carboxylic acid groups (broad SMARTS) is 1. The minimum Gasteiger partial charge on any atom is -0.493 e. The summed E-state index contributed by atoms with van der Waals surface area (Å²) < 4.78 is 16.6. The lowest BCUT2D eigenvalue weighted by Gasteiger charge is -2.32. The molecule has 144 valence electrons. The Hall–Kier alpha value is -2.80. The van der Waals surface area contributed by atoms with Crippen LogP contribution in [0, 0.1) is 0 Å². The maximum absolute atomic E-state index is 11.8. The molecule has 2 unspecified atom stereocenters. The van der Waals surface area contributed by atoms with Crippen molar-refractivity contribution in [2.75, 3.05) is 27.9 Å². The van der Waals surface area contributed by atoms with Crippen LogP contribution in [-0.4, -0.2) is 54.9 Å². The minimum absolute atomic E-state index is 0.371. The molecule has 0 amide bonds. The molecule has 1 fully saturated rings. The highest BCUT2D eigenvalue weighted by molar-refractivity contribution is 5.74. The second-order valence-electron chi connectivity index (χ2n) is 6.31. The fourth-order valence-corrected chi connectivity index (χ4v) is 3.75. The molecule has 7 heteroatoms. The number of rotatable bonds is 7. The first kappa shape index (κ1) is 19.0. The third-order valence-electron chi connectivity index (χ3n) is 4.91. The summed E-state index contributed by atoms with van der Waals surface area (Å²) in [7, 11) is 4.68. The van der Waals surface area contributed by atoms with E-state index in [-0.39, 0.29) is 6.04 Å². The lowest BCUT2D eigenvalue weighted by molar-refractivity contribution is -0.142. The molecule has 1 aliphatic rings. The molecule has 0 spiro atoms. The number of carboxylic acids is 1. The molecule has 0 aliphatic carbocycles. The number of nitrogens with zero attached hydrogens (tertiary/aromatic N) is 2. The van der Waals surface area contributed by atoms with E-state index in [0.29, 0.717) is 30.2 Å². The molecule has 0 bridgehead atoms. The average Bonchev–Trinajstić information content (AvgIpc) is 3.18. The van der Waals surface area contributed by atoms with Gasteiger partial charge in [-0.25, -0.2) is 0 Å². The van der Waals surface area contributed by atoms with E-state index in [1.54, 1.807) is 33.6 Å². The van der Waals surface area contributed by atoms with Gasteiger partial charge in [0.05, 0.1) is 33.1 Å². The number of aliphatic carboxylic acids is 1. The van der Waals surface area contributed by atoms with Gasteiger partial charge in [0.1, 0.15) is 6.04 Å². The van der Waals surface area contributed by atoms with Crippen molar-refractivity contribution in [2.45, 2.75) is 24.9 Å². The van der Waals surface area contributed by atoms with Crippen molar-refractivity contribution in [3.63, 3.8) is 0 Å². The van der Waals surface area contributed by atoms with Crippen LogP contribution in [0.5, 0.6) is 17.2 Å². The van der Waals surface area contributed by atoms with Gasteiger partial charge in [0.25, 0.3) is 0 Å². The van der Waals surface area contributed by atoms with E-state index in [9.17, 15) is 9.90 Å². The molecule has 0 saturated carbocycles. The van der Waals surface area contributed by atoms with E-state index in [1.807, 2.05) is 29.2 Å². The maximum atomic E-state index is 11.8. The summed E-state index contributed by atoms with van der Waals surface area (Å²) in [5.74, 6) is 0.718. The highest BCUT2D eigenvalue weighted by atomic mass is 16.5. The lowest BCUT2D eigenvalue weighted by atomic mass is 9.98. The second kappa shape index (κ2) is 8.26. The van der Waals surface area contributed by atoms with Crippen molar-refractivity contribution in [1.82, 2.24) is 9.88 Å². The summed E-state index contributed by atoms with van der Waals surface area (Å²) >= 11 is 0. The molecule has 1 aromatic heterocycles. The summed E-state index contributed by atoms with van der Waals surface area (Å²) in [6.45, 7) is 0.662. The van der Waals surface area contributed by atoms with Crippen molar-refractivity contribution in [3.05, 3.63) is 47.8 Å². The van der Waals surface area contributed by atoms with Crippen molar-refractivity contribution in [1.29, 1.82) is 0 Å². The van der Waals surface area contributed by atoms with Gasteiger partial charge in [-0.3, -0.25) is 14.7 Å². The van der Waals surface area contributed by atoms with Crippen LogP contribution in [0.25, 0.3) is 0 Å². The number of ether oxygens (including phenoxy) is 3. The first-order chi connectivity index (χ1) is 13.1. The number of hydrogen-bond acceptors (Lipinski definition) is 6. The Morgan fingerprint density at radius 2 is 1.93 bits per heavy atom. The Morgan fingerprint density at radius 1 is 1.15 bits per heavy atom. The molecule has 1 saturated heterocycles. The third kappa shape index (κ3) is 3.55. The van der Waals surface area contributed by atoms with Crippen LogP contribution in [-0.2, 0) is 4.79 Å². The molecule has 1 N–H and O–H groups in total. The van der Waals surface area contributed by atoms with E-state index in [2.05, 4.69) is 4.98 Å². The monoisotopic (exact) mass is 372 g/mol. The third-order valence-corrected chi connectivity index (χ3v) is 4.91. The first-order valence-corrected chi connectivity index (χ1v) is 8.80. The first-order valence-electron chi connectivity index (χ1n) is 8.80. The van der Waals surface area contributed by atoms with Crippen molar-refractivity contribution in [3.8, 4) is 17.2 Å². The topological polar surface area (TPSA) is 81.1 Å². The largest absolute Gasteiger partial charge is 0.493 e. The highest BCUT2D eigenvalue weighted by Gasteiger charge is 2.39. The Morgan fingerprint density at radius 3 is 2.52 bits per heavy atom. The van der Waals surface area contributed by atoms with Gasteiger partial charge in [0.15, 0.2) is 11.5 Å². The second-order valence-corrected chi connectivity index (χ2v) is 6.31. The van der Waals surface area contributed by atoms with Crippen molar-refractivity contribution < 1.29 is 24.1 Å². The molecule has 0 radical (unpaired) electrons. The van der Waals surface area contributed by atoms with E-state index >= 15 is 0 Å². The maximum Gasteiger partial charge on any atom is 0.320 e. The van der Waals surface area contributed by atoms with Gasteiger partial charge in [-0.15, -0.1) is 0 Å². The zero-order valence-corrected chi connectivity index (χ0v) is 15.7. The average molecular weight is 372 g/mol. The van der Waals surface area contributed by atoms with Crippen LogP contribution in [0.2, 0.25) is 0 Å². The van der Waals surface area contributed by atoms with E-state index in [0.717, 1.165) is 17.7 Å². The van der Waals surface area contributed by atoms with Crippen LogP contribution >= 0.6 is 0 Å². The van der Waals surface area contributed by atoms with Gasteiger partial charge in [0.2, 0.25) is 5.75 Å². The number of hydrogen-bond donors (Lipinski definition) is 1. The van der Waals surface area contributed by atoms with Gasteiger partial charge in [-0.1, -0.05) is 6.07 Å². The van der Waals surface area contributed by atoms with Gasteiger partial charge in [0, 0.05) is 18.3 Å². The fourth-order valence-electron chi connectivity index (χ4n) is 3.75. The van der Waals surface area contributed by atoms with Crippen LogP contribution in [0.3, 0.4) is 0 Å². The molecule has 1 aliphatic heterocycles. The Labute approximate surface area is 158 Å². The number of likely N-dealkylation sites (tertiary alicyclic amines) is 1. The Balaban J connectivity index is 2.19. The predicted octanol–water partition coefficient (Wildman–Crippen LogP) is 2.75. The lowest BCUT2D eigenvalue weighted by Crippen LogP contribution is -2.39. The molecule has 7 nitrogen and oxygen atoms in total. The molecule has 2 heterocycles. The highest BCUT2D eigenvalue weighted by Crippen LogP contribution is 2.46. The smallest absolute Gasteiger partial charge is 0.320 e. The van der Waals surface area contributed by atoms with E-state index < -0.39 is 12.0 Å². The summed E-state index contributed by atoms with van der Waals surface area (Å²) in [5, 5.41) is 9.70. The van der Waals surface area contributed by atoms with Crippen molar-refractivity contribution >= 4 is 5.97 Å². The quantitative estimate of drug-likeness (QED) is 0.800. The summed E-state index contributed by atoms with van der Waals surface area (Å²) in [6.07, 6.45) is 3.13. The number of methoxy groups -OCH3 is 3. The Bertz CT molecular complexity index is 796. The minimum atomic E-state index is -0.826. The standard InChI is InChI=1S/C20H24N2O5/c1-25-16-10-9-13(18(26-2)19(16)27-3)17(14-7-4-5-11-21-14)22-12-6-8-15(22)20(23)24/h4-5,7,9-11,15,17H,6,8,12H2,1-3H3,(H,23,24). The summed E-state index contributed by atoms with van der Waals surface area (Å²) in [6, 6.07) is 8.38. The molecule has 2 aromatic rings. The number of pyridine rings is 1. The van der Waals surface area contributed by atoms with Crippen LogP contribution in [0.1, 0.15) is 30.1 Å². The van der Waals surface area contributed by atoms with E-state index in [4.69, 9.17) is 14.2 Å². The SMILES string of the molecule is COc1ccc(C(c2ccccn2)N2CCCC2C(=O)O)c(OC)c1OC. The van der Waals surface area contributed by atoms with Crippen LogP contribution in [0.4, 0.5) is 0 Å². The predicted molar refractivity (Wildman–Crippen MR) is 99.5 cm³/mol. The zero-order valence-electron chi connectivity index (χ0n) is 15.7. The van der Waals surface area contributed by atoms with Gasteiger partial charge in [-0.2, -0.15) is 0 Å². The molecular weight excluding hydrogens is 348 g/mol. The van der Waals surface area contributed by atoms with Gasteiger partial charge in [-0.05, 0) is 37.1 Å². The molecular formula is C20H24N2O5. The number of carbonyl (C=O) groups is 1. The van der Waals surface area contributed by atoms with Crippen molar-refractivity contribution in [2.24, 2.45) is 0 Å². The molecule has 2 atom stereocenters. The van der Waals surface area contributed by atoms with Crippen LogP contribution < -0.4 is 14.2 Å². The molecule has 27 heavy (non-hydrogen) atoms. The molecule has 3 rings (SSSR count). The summed E-state index contributed by atoms with van der Waals surface area (Å²) in [5.41, 5.74) is 1.55. The van der Waals surface area contributed by atoms with E-state index in [1.165, 1.54) is 0 Å².